The van der Waals surface area contributed by atoms with Gasteiger partial charge >= 0.3 is 0 Å². The van der Waals surface area contributed by atoms with Crippen LogP contribution in [-0.2, 0) is 17.6 Å². The zero-order chi connectivity index (χ0) is 14.4. The molecule has 0 aliphatic heterocycles. The van der Waals surface area contributed by atoms with Gasteiger partial charge < -0.3 is 9.73 Å². The van der Waals surface area contributed by atoms with Gasteiger partial charge in [0, 0.05) is 18.5 Å². The molecule has 0 atom stereocenters. The fourth-order valence-electron chi connectivity index (χ4n) is 2.16. The molecule has 1 heterocycles. The van der Waals surface area contributed by atoms with Crippen LogP contribution in [0.15, 0.2) is 47.1 Å². The maximum absolute atomic E-state index is 11.9. The van der Waals surface area contributed by atoms with Gasteiger partial charge in [0.05, 0.1) is 6.26 Å². The molecule has 1 aromatic heterocycles. The minimum atomic E-state index is 0.0168. The predicted octanol–water partition coefficient (Wildman–Crippen LogP) is 4.05. The number of furan rings is 1. The van der Waals surface area contributed by atoms with Crippen molar-refractivity contribution >= 4 is 11.6 Å². The van der Waals surface area contributed by atoms with Gasteiger partial charge in [0.15, 0.2) is 0 Å². The van der Waals surface area contributed by atoms with Crippen LogP contribution < -0.4 is 5.32 Å². The number of carbonyl (C=O) groups is 1. The Labute approximate surface area is 120 Å². The highest BCUT2D eigenvalue weighted by atomic mass is 16.3. The third-order valence-electron chi connectivity index (χ3n) is 3.03. The van der Waals surface area contributed by atoms with Crippen molar-refractivity contribution in [2.24, 2.45) is 5.92 Å². The number of amides is 1. The molecule has 0 aliphatic rings. The van der Waals surface area contributed by atoms with Crippen LogP contribution in [-0.4, -0.2) is 5.91 Å². The second kappa shape index (κ2) is 6.94. The highest BCUT2D eigenvalue weighted by Gasteiger charge is 2.05. The van der Waals surface area contributed by atoms with Gasteiger partial charge in [-0.1, -0.05) is 26.0 Å². The molecule has 0 fully saturated rings. The summed E-state index contributed by atoms with van der Waals surface area (Å²) in [4.78, 5) is 11.9. The fraction of sp³-hybridized carbons (Fsp3) is 0.353. The molecule has 106 valence electrons. The van der Waals surface area contributed by atoms with E-state index < -0.39 is 0 Å². The quantitative estimate of drug-likeness (QED) is 0.861. The second-order valence-corrected chi connectivity index (χ2v) is 5.43. The second-order valence-electron chi connectivity index (χ2n) is 5.43. The average Bonchev–Trinajstić information content (AvgIpc) is 2.89. The summed E-state index contributed by atoms with van der Waals surface area (Å²) < 4.78 is 5.22. The smallest absolute Gasteiger partial charge is 0.224 e. The normalized spacial score (nSPS) is 10.8. The Morgan fingerprint density at radius 3 is 2.80 bits per heavy atom. The largest absolute Gasteiger partial charge is 0.469 e. The first-order valence-electron chi connectivity index (χ1n) is 7.04. The summed E-state index contributed by atoms with van der Waals surface area (Å²) in [7, 11) is 0. The number of rotatable bonds is 6. The van der Waals surface area contributed by atoms with Crippen LogP contribution in [0.4, 0.5) is 5.69 Å². The van der Waals surface area contributed by atoms with E-state index in [9.17, 15) is 4.79 Å². The highest BCUT2D eigenvalue weighted by molar-refractivity contribution is 5.90. The van der Waals surface area contributed by atoms with Crippen LogP contribution in [0.2, 0.25) is 0 Å². The Morgan fingerprint density at radius 1 is 1.25 bits per heavy atom. The molecular formula is C17H21NO2. The van der Waals surface area contributed by atoms with Gasteiger partial charge in [0.1, 0.15) is 5.76 Å². The molecule has 2 rings (SSSR count). The lowest BCUT2D eigenvalue weighted by molar-refractivity contribution is -0.116. The van der Waals surface area contributed by atoms with E-state index in [-0.39, 0.29) is 5.91 Å². The van der Waals surface area contributed by atoms with Crippen molar-refractivity contribution in [3.05, 3.63) is 54.0 Å². The predicted molar refractivity (Wildman–Crippen MR) is 80.6 cm³/mol. The lowest BCUT2D eigenvalue weighted by Gasteiger charge is -2.08. The standard InChI is InChI=1S/C17H21NO2/c1-13(2)11-14-5-3-6-15(12-14)18-17(19)9-8-16-7-4-10-20-16/h3-7,10,12-13H,8-9,11H2,1-2H3,(H,18,19). The van der Waals surface area contributed by atoms with Gasteiger partial charge in [-0.15, -0.1) is 0 Å². The van der Waals surface area contributed by atoms with Crippen molar-refractivity contribution in [3.8, 4) is 0 Å². The first-order chi connectivity index (χ1) is 9.63. The van der Waals surface area contributed by atoms with E-state index in [0.717, 1.165) is 17.9 Å². The Bertz CT molecular complexity index is 544. The summed E-state index contributed by atoms with van der Waals surface area (Å²) in [5.41, 5.74) is 2.12. The molecule has 2 aromatic rings. The molecule has 0 radical (unpaired) electrons. The highest BCUT2D eigenvalue weighted by Crippen LogP contribution is 2.15. The molecule has 0 bridgehead atoms. The molecule has 0 spiro atoms. The molecule has 0 saturated heterocycles. The minimum absolute atomic E-state index is 0.0168. The Hall–Kier alpha value is -2.03. The molecule has 0 unspecified atom stereocenters. The molecule has 0 aliphatic carbocycles. The van der Waals surface area contributed by atoms with Crippen LogP contribution in [0.5, 0.6) is 0 Å². The van der Waals surface area contributed by atoms with E-state index in [1.54, 1.807) is 6.26 Å². The van der Waals surface area contributed by atoms with Crippen molar-refractivity contribution in [1.29, 1.82) is 0 Å². The molecule has 3 nitrogen and oxygen atoms in total. The molecule has 1 amide bonds. The van der Waals surface area contributed by atoms with Crippen molar-refractivity contribution in [2.45, 2.75) is 33.1 Å². The third kappa shape index (κ3) is 4.57. The maximum atomic E-state index is 11.9. The van der Waals surface area contributed by atoms with E-state index in [2.05, 4.69) is 25.2 Å². The number of nitrogens with one attached hydrogen (secondary N) is 1. The number of aryl methyl sites for hydroxylation is 1. The number of benzene rings is 1. The average molecular weight is 271 g/mol. The zero-order valence-electron chi connectivity index (χ0n) is 12.1. The summed E-state index contributed by atoms with van der Waals surface area (Å²) in [6.07, 6.45) is 3.71. The van der Waals surface area contributed by atoms with Crippen molar-refractivity contribution < 1.29 is 9.21 Å². The Morgan fingerprint density at radius 2 is 2.10 bits per heavy atom. The van der Waals surface area contributed by atoms with Gasteiger partial charge in [-0.3, -0.25) is 4.79 Å². The van der Waals surface area contributed by atoms with E-state index in [0.29, 0.717) is 18.8 Å². The minimum Gasteiger partial charge on any atom is -0.469 e. The van der Waals surface area contributed by atoms with Gasteiger partial charge in [-0.2, -0.15) is 0 Å². The number of hydrogen-bond donors (Lipinski definition) is 1. The lowest BCUT2D eigenvalue weighted by atomic mass is 10.0. The zero-order valence-corrected chi connectivity index (χ0v) is 12.1. The van der Waals surface area contributed by atoms with Crippen molar-refractivity contribution in [1.82, 2.24) is 0 Å². The van der Waals surface area contributed by atoms with Gasteiger partial charge in [0.25, 0.3) is 0 Å². The van der Waals surface area contributed by atoms with E-state index in [1.165, 1.54) is 5.56 Å². The summed E-state index contributed by atoms with van der Waals surface area (Å²) in [6, 6.07) is 11.8. The van der Waals surface area contributed by atoms with Crippen LogP contribution in [0.1, 0.15) is 31.6 Å². The molecule has 0 saturated carbocycles. The van der Waals surface area contributed by atoms with Crippen LogP contribution in [0.25, 0.3) is 0 Å². The number of carbonyl (C=O) groups excluding carboxylic acids is 1. The first kappa shape index (κ1) is 14.4. The topological polar surface area (TPSA) is 42.2 Å². The summed E-state index contributed by atoms with van der Waals surface area (Å²) in [5.74, 6) is 1.47. The monoisotopic (exact) mass is 271 g/mol. The number of anilines is 1. The SMILES string of the molecule is CC(C)Cc1cccc(NC(=O)CCc2ccco2)c1. The maximum Gasteiger partial charge on any atom is 0.224 e. The summed E-state index contributed by atoms with van der Waals surface area (Å²) in [5, 5.41) is 2.94. The van der Waals surface area contributed by atoms with Gasteiger partial charge in [-0.25, -0.2) is 0 Å². The first-order valence-corrected chi connectivity index (χ1v) is 7.04. The molecular weight excluding hydrogens is 250 g/mol. The summed E-state index contributed by atoms with van der Waals surface area (Å²) in [6.45, 7) is 4.38. The Kier molecular flexibility index (Phi) is 4.99. The van der Waals surface area contributed by atoms with E-state index in [4.69, 9.17) is 4.42 Å². The molecule has 1 aromatic carbocycles. The van der Waals surface area contributed by atoms with Gasteiger partial charge in [-0.05, 0) is 42.2 Å². The van der Waals surface area contributed by atoms with Crippen LogP contribution in [0, 0.1) is 5.92 Å². The fourth-order valence-corrected chi connectivity index (χ4v) is 2.16. The van der Waals surface area contributed by atoms with Crippen LogP contribution in [0.3, 0.4) is 0 Å². The number of hydrogen-bond acceptors (Lipinski definition) is 2. The Balaban J connectivity index is 1.87. The lowest BCUT2D eigenvalue weighted by Crippen LogP contribution is -2.12. The van der Waals surface area contributed by atoms with E-state index >= 15 is 0 Å². The summed E-state index contributed by atoms with van der Waals surface area (Å²) >= 11 is 0. The van der Waals surface area contributed by atoms with Gasteiger partial charge in [0.2, 0.25) is 5.91 Å². The molecule has 3 heteroatoms. The van der Waals surface area contributed by atoms with Crippen LogP contribution >= 0.6 is 0 Å². The third-order valence-corrected chi connectivity index (χ3v) is 3.03. The van der Waals surface area contributed by atoms with Crippen molar-refractivity contribution in [2.75, 3.05) is 5.32 Å². The molecule has 1 N–H and O–H groups in total. The van der Waals surface area contributed by atoms with E-state index in [1.807, 2.05) is 30.3 Å². The van der Waals surface area contributed by atoms with Crippen molar-refractivity contribution in [3.63, 3.8) is 0 Å². The molecule has 20 heavy (non-hydrogen) atoms.